The average molecular weight is 314 g/mol. The number of carbonyl (C=O) groups is 1. The largest absolute Gasteiger partial charge is 0.357 e. The molecule has 3 rings (SSSR count). The lowest BCUT2D eigenvalue weighted by atomic mass is 10.00. The van der Waals surface area contributed by atoms with Gasteiger partial charge in [0.2, 0.25) is 5.91 Å². The zero-order valence-electron chi connectivity index (χ0n) is 13.9. The van der Waals surface area contributed by atoms with Crippen molar-refractivity contribution in [1.82, 2.24) is 15.1 Å². The maximum Gasteiger partial charge on any atom is 0.244 e. The van der Waals surface area contributed by atoms with E-state index >= 15 is 0 Å². The third kappa shape index (κ3) is 3.84. The molecule has 1 fully saturated rings. The predicted molar refractivity (Wildman–Crippen MR) is 92.3 cm³/mol. The van der Waals surface area contributed by atoms with Crippen molar-refractivity contribution in [2.45, 2.75) is 32.7 Å². The van der Waals surface area contributed by atoms with E-state index in [1.54, 1.807) is 0 Å². The summed E-state index contributed by atoms with van der Waals surface area (Å²) >= 11 is 0. The summed E-state index contributed by atoms with van der Waals surface area (Å²) in [7, 11) is 0. The molecular formula is C18H26N4O. The summed E-state index contributed by atoms with van der Waals surface area (Å²) < 4.78 is 0. The van der Waals surface area contributed by atoms with Crippen LogP contribution in [0.5, 0.6) is 0 Å². The van der Waals surface area contributed by atoms with Gasteiger partial charge in [-0.2, -0.15) is 0 Å². The van der Waals surface area contributed by atoms with Crippen LogP contribution < -0.4 is 5.32 Å². The lowest BCUT2D eigenvalue weighted by Gasteiger charge is -2.28. The van der Waals surface area contributed by atoms with Crippen LogP contribution in [0.1, 0.15) is 30.9 Å². The molecule has 23 heavy (non-hydrogen) atoms. The third-order valence-corrected chi connectivity index (χ3v) is 4.59. The number of hydrogen-bond acceptors (Lipinski definition) is 2. The van der Waals surface area contributed by atoms with Crippen molar-refractivity contribution < 1.29 is 4.79 Å². The summed E-state index contributed by atoms with van der Waals surface area (Å²) in [5.74, 6) is 1.00. The van der Waals surface area contributed by atoms with Crippen LogP contribution in [0.25, 0.3) is 0 Å². The highest BCUT2D eigenvalue weighted by molar-refractivity contribution is 5.85. The van der Waals surface area contributed by atoms with Crippen molar-refractivity contribution in [3.05, 3.63) is 35.4 Å². The van der Waals surface area contributed by atoms with Gasteiger partial charge in [0.15, 0.2) is 5.96 Å². The Balaban J connectivity index is 1.61. The van der Waals surface area contributed by atoms with Gasteiger partial charge >= 0.3 is 0 Å². The smallest absolute Gasteiger partial charge is 0.244 e. The number of benzene rings is 1. The van der Waals surface area contributed by atoms with Crippen LogP contribution in [0.15, 0.2) is 29.3 Å². The molecule has 0 radical (unpaired) electrons. The minimum Gasteiger partial charge on any atom is -0.357 e. The van der Waals surface area contributed by atoms with Gasteiger partial charge in [0, 0.05) is 32.7 Å². The van der Waals surface area contributed by atoms with Crippen LogP contribution >= 0.6 is 0 Å². The summed E-state index contributed by atoms with van der Waals surface area (Å²) in [5.41, 5.74) is 2.63. The van der Waals surface area contributed by atoms with Crippen molar-refractivity contribution in [1.29, 1.82) is 0 Å². The number of aliphatic imine (C=N–C) groups is 1. The molecule has 1 N–H and O–H groups in total. The van der Waals surface area contributed by atoms with Gasteiger partial charge in [-0.05, 0) is 37.3 Å². The quantitative estimate of drug-likeness (QED) is 0.681. The molecule has 0 aliphatic carbocycles. The molecule has 124 valence electrons. The molecular weight excluding hydrogens is 288 g/mol. The third-order valence-electron chi connectivity index (χ3n) is 4.59. The van der Waals surface area contributed by atoms with Crippen molar-refractivity contribution in [3.63, 3.8) is 0 Å². The number of carbonyl (C=O) groups excluding carboxylic acids is 1. The fourth-order valence-corrected chi connectivity index (χ4v) is 3.31. The highest BCUT2D eigenvalue weighted by Crippen LogP contribution is 2.18. The van der Waals surface area contributed by atoms with Crippen molar-refractivity contribution in [2.24, 2.45) is 4.99 Å². The summed E-state index contributed by atoms with van der Waals surface area (Å²) in [4.78, 5) is 21.3. The molecule has 5 nitrogen and oxygen atoms in total. The normalized spacial score (nSPS) is 18.0. The van der Waals surface area contributed by atoms with Crippen LogP contribution in [0.4, 0.5) is 0 Å². The number of nitrogens with one attached hydrogen (secondary N) is 1. The second kappa shape index (κ2) is 7.49. The number of nitrogens with zero attached hydrogens (tertiary/aromatic N) is 3. The zero-order valence-corrected chi connectivity index (χ0v) is 13.9. The lowest BCUT2D eigenvalue weighted by molar-refractivity contribution is -0.130. The molecule has 0 spiro atoms. The van der Waals surface area contributed by atoms with Crippen LogP contribution in [0.2, 0.25) is 0 Å². The van der Waals surface area contributed by atoms with Crippen LogP contribution in [0.3, 0.4) is 0 Å². The molecule has 1 amide bonds. The molecule has 2 aliphatic rings. The predicted octanol–water partition coefficient (Wildman–Crippen LogP) is 1.63. The van der Waals surface area contributed by atoms with E-state index in [1.165, 1.54) is 24.0 Å². The van der Waals surface area contributed by atoms with Crippen LogP contribution in [0, 0.1) is 0 Å². The Hall–Kier alpha value is -2.04. The summed E-state index contributed by atoms with van der Waals surface area (Å²) in [6, 6.07) is 8.39. The molecule has 1 aromatic rings. The van der Waals surface area contributed by atoms with Gasteiger partial charge < -0.3 is 15.1 Å². The van der Waals surface area contributed by atoms with E-state index in [9.17, 15) is 4.79 Å². The second-order valence-corrected chi connectivity index (χ2v) is 6.20. The molecule has 0 bridgehead atoms. The number of likely N-dealkylation sites (tertiary alicyclic amines) is 1. The first-order valence-corrected chi connectivity index (χ1v) is 8.65. The highest BCUT2D eigenvalue weighted by Gasteiger charge is 2.21. The average Bonchev–Trinajstić information content (AvgIpc) is 3.12. The van der Waals surface area contributed by atoms with Crippen LogP contribution in [-0.4, -0.2) is 54.4 Å². The van der Waals surface area contributed by atoms with E-state index in [-0.39, 0.29) is 12.5 Å². The fourth-order valence-electron chi connectivity index (χ4n) is 3.31. The molecule has 0 aromatic heterocycles. The molecule has 1 aromatic carbocycles. The topological polar surface area (TPSA) is 47.9 Å². The van der Waals surface area contributed by atoms with E-state index < -0.39 is 0 Å². The Kier molecular flexibility index (Phi) is 5.16. The highest BCUT2D eigenvalue weighted by atomic mass is 16.2. The minimum absolute atomic E-state index is 0.120. The van der Waals surface area contributed by atoms with E-state index in [0.29, 0.717) is 6.54 Å². The Morgan fingerprint density at radius 2 is 1.87 bits per heavy atom. The molecule has 2 aliphatic heterocycles. The van der Waals surface area contributed by atoms with Gasteiger partial charge in [-0.1, -0.05) is 24.3 Å². The molecule has 2 heterocycles. The van der Waals surface area contributed by atoms with Gasteiger partial charge in [-0.25, -0.2) is 4.99 Å². The number of hydrogen-bond donors (Lipinski definition) is 1. The lowest BCUT2D eigenvalue weighted by Crippen LogP contribution is -2.41. The molecule has 1 saturated heterocycles. The van der Waals surface area contributed by atoms with Gasteiger partial charge in [-0.3, -0.25) is 4.79 Å². The maximum atomic E-state index is 12.5. The molecule has 0 unspecified atom stereocenters. The van der Waals surface area contributed by atoms with E-state index in [4.69, 9.17) is 0 Å². The molecule has 0 saturated carbocycles. The maximum absolute atomic E-state index is 12.5. The Morgan fingerprint density at radius 1 is 1.13 bits per heavy atom. The van der Waals surface area contributed by atoms with E-state index in [0.717, 1.165) is 38.6 Å². The first-order chi connectivity index (χ1) is 11.3. The molecule has 0 atom stereocenters. The fraction of sp³-hybridized carbons (Fsp3) is 0.556. The van der Waals surface area contributed by atoms with Crippen LogP contribution in [-0.2, 0) is 17.8 Å². The van der Waals surface area contributed by atoms with Gasteiger partial charge in [0.25, 0.3) is 0 Å². The number of guanidine groups is 1. The van der Waals surface area contributed by atoms with E-state index in [1.807, 2.05) is 11.0 Å². The van der Waals surface area contributed by atoms with Crippen molar-refractivity contribution >= 4 is 11.9 Å². The van der Waals surface area contributed by atoms with Gasteiger partial charge in [0.1, 0.15) is 6.54 Å². The first kappa shape index (κ1) is 15.8. The monoisotopic (exact) mass is 314 g/mol. The van der Waals surface area contributed by atoms with Crippen molar-refractivity contribution in [2.75, 3.05) is 32.7 Å². The molecule has 5 heteroatoms. The van der Waals surface area contributed by atoms with Crippen molar-refractivity contribution in [3.8, 4) is 0 Å². The standard InChI is InChI=1S/C18H26N4O/c1-2-19-18(21-10-5-6-11-21)20-13-17(23)22-12-9-15-7-3-4-8-16(15)14-22/h3-4,7-8H,2,5-6,9-14H2,1H3,(H,19,20). The minimum atomic E-state index is 0.120. The number of fused-ring (bicyclic) bond motifs is 1. The van der Waals surface area contributed by atoms with Gasteiger partial charge in [-0.15, -0.1) is 0 Å². The Morgan fingerprint density at radius 3 is 2.61 bits per heavy atom. The SMILES string of the molecule is CCNC(=NCC(=O)N1CCc2ccccc2C1)N1CCCC1. The van der Waals surface area contributed by atoms with Gasteiger partial charge in [0.05, 0.1) is 0 Å². The Bertz CT molecular complexity index is 578. The Labute approximate surface area is 138 Å². The summed E-state index contributed by atoms with van der Waals surface area (Å²) in [6.45, 7) is 6.72. The zero-order chi connectivity index (χ0) is 16.1. The van der Waals surface area contributed by atoms with E-state index in [2.05, 4.69) is 40.3 Å². The first-order valence-electron chi connectivity index (χ1n) is 8.65. The number of amides is 1. The summed E-state index contributed by atoms with van der Waals surface area (Å²) in [6.07, 6.45) is 3.36. The number of rotatable bonds is 3. The second-order valence-electron chi connectivity index (χ2n) is 6.20. The summed E-state index contributed by atoms with van der Waals surface area (Å²) in [5, 5.41) is 3.30.